The second kappa shape index (κ2) is 7.00. The zero-order valence-corrected chi connectivity index (χ0v) is 12.8. The number of hydrogen-bond acceptors (Lipinski definition) is 5. The molecule has 0 spiro atoms. The normalized spacial score (nSPS) is 17.9. The summed E-state index contributed by atoms with van der Waals surface area (Å²) < 4.78 is 28.5. The average Bonchev–Trinajstić information content (AvgIpc) is 2.37. The van der Waals surface area contributed by atoms with Crippen molar-refractivity contribution in [2.24, 2.45) is 0 Å². The number of sulfonamides is 1. The first-order valence-electron chi connectivity index (χ1n) is 6.29. The van der Waals surface area contributed by atoms with Gasteiger partial charge in [0.25, 0.3) is 0 Å². The number of nitrogens with one attached hydrogen (secondary N) is 1. The predicted molar refractivity (Wildman–Crippen MR) is 72.5 cm³/mol. The number of nitrogens with zero attached hydrogens (tertiary/aromatic N) is 2. The minimum absolute atomic E-state index is 0.191. The Hall–Kier alpha value is -1.19. The molecule has 0 aromatic heterocycles. The zero-order chi connectivity index (χ0) is 15.3. The lowest BCUT2D eigenvalue weighted by Gasteiger charge is -2.29. The van der Waals surface area contributed by atoms with Crippen LogP contribution < -0.4 is 5.32 Å². The monoisotopic (exact) mass is 307 g/mol. The van der Waals surface area contributed by atoms with E-state index in [0.717, 1.165) is 10.6 Å². The number of hydrogen-bond donors (Lipinski definition) is 1. The molecule has 1 atom stereocenters. The first-order chi connectivity index (χ1) is 9.21. The van der Waals surface area contributed by atoms with E-state index in [9.17, 15) is 18.0 Å². The van der Waals surface area contributed by atoms with Gasteiger partial charge in [-0.1, -0.05) is 0 Å². The molecule has 8 nitrogen and oxygen atoms in total. The van der Waals surface area contributed by atoms with Crippen molar-refractivity contribution in [2.45, 2.75) is 13.0 Å². The van der Waals surface area contributed by atoms with Gasteiger partial charge in [-0.15, -0.1) is 0 Å². The largest absolute Gasteiger partial charge is 0.378 e. The Morgan fingerprint density at radius 3 is 2.40 bits per heavy atom. The van der Waals surface area contributed by atoms with Crippen LogP contribution >= 0.6 is 0 Å². The summed E-state index contributed by atoms with van der Waals surface area (Å²) >= 11 is 0. The summed E-state index contributed by atoms with van der Waals surface area (Å²) in [5.74, 6) is -0.698. The molecule has 116 valence electrons. The second-order valence-electron chi connectivity index (χ2n) is 4.75. The van der Waals surface area contributed by atoms with Crippen LogP contribution in [0.1, 0.15) is 6.92 Å². The lowest BCUT2D eigenvalue weighted by atomic mass is 10.2. The van der Waals surface area contributed by atoms with Gasteiger partial charge in [0.1, 0.15) is 6.04 Å². The van der Waals surface area contributed by atoms with Crippen molar-refractivity contribution in [3.63, 3.8) is 0 Å². The molecule has 9 heteroatoms. The Labute approximate surface area is 119 Å². The molecule has 1 rings (SSSR count). The highest BCUT2D eigenvalue weighted by molar-refractivity contribution is 7.88. The van der Waals surface area contributed by atoms with Gasteiger partial charge in [0, 0.05) is 20.1 Å². The van der Waals surface area contributed by atoms with Gasteiger partial charge in [-0.05, 0) is 6.92 Å². The van der Waals surface area contributed by atoms with Crippen LogP contribution in [0.15, 0.2) is 0 Å². The van der Waals surface area contributed by atoms with E-state index in [1.165, 1.54) is 7.05 Å². The van der Waals surface area contributed by atoms with Crippen LogP contribution in [0.3, 0.4) is 0 Å². The molecule has 1 unspecified atom stereocenters. The quantitative estimate of drug-likeness (QED) is 0.649. The fourth-order valence-electron chi connectivity index (χ4n) is 1.73. The summed E-state index contributed by atoms with van der Waals surface area (Å²) in [4.78, 5) is 25.3. The fraction of sp³-hybridized carbons (Fsp3) is 0.818. The minimum Gasteiger partial charge on any atom is -0.378 e. The van der Waals surface area contributed by atoms with E-state index in [0.29, 0.717) is 26.3 Å². The lowest BCUT2D eigenvalue weighted by molar-refractivity contribution is -0.139. The number of morpholine rings is 1. The highest BCUT2D eigenvalue weighted by atomic mass is 32.2. The Morgan fingerprint density at radius 1 is 1.35 bits per heavy atom. The van der Waals surface area contributed by atoms with Gasteiger partial charge >= 0.3 is 0 Å². The third-order valence-electron chi connectivity index (χ3n) is 3.00. The van der Waals surface area contributed by atoms with Gasteiger partial charge in [-0.3, -0.25) is 9.59 Å². The van der Waals surface area contributed by atoms with Crippen LogP contribution in [0, 0.1) is 0 Å². The number of amides is 2. The molecule has 1 saturated heterocycles. The highest BCUT2D eigenvalue weighted by Crippen LogP contribution is 2.01. The van der Waals surface area contributed by atoms with E-state index in [2.05, 4.69) is 5.32 Å². The van der Waals surface area contributed by atoms with E-state index in [1.807, 2.05) is 0 Å². The maximum absolute atomic E-state index is 12.0. The SMILES string of the molecule is CC(NC(=O)CN(C)S(C)(=O)=O)C(=O)N1CCOCC1. The van der Waals surface area contributed by atoms with Crippen LogP contribution in [-0.2, 0) is 24.3 Å². The Morgan fingerprint density at radius 2 is 1.90 bits per heavy atom. The van der Waals surface area contributed by atoms with Crippen molar-refractivity contribution in [1.29, 1.82) is 0 Å². The summed E-state index contributed by atoms with van der Waals surface area (Å²) in [7, 11) is -2.10. The molecule has 0 aliphatic carbocycles. The first kappa shape index (κ1) is 16.9. The number of likely N-dealkylation sites (N-methyl/N-ethyl adjacent to an activating group) is 1. The molecular weight excluding hydrogens is 286 g/mol. The molecule has 0 aromatic carbocycles. The summed E-state index contributed by atoms with van der Waals surface area (Å²) in [5, 5.41) is 2.50. The van der Waals surface area contributed by atoms with Crippen molar-refractivity contribution in [3.8, 4) is 0 Å². The topological polar surface area (TPSA) is 96.0 Å². The number of ether oxygens (including phenoxy) is 1. The van der Waals surface area contributed by atoms with Crippen LogP contribution in [0.4, 0.5) is 0 Å². The molecule has 1 aliphatic heterocycles. The van der Waals surface area contributed by atoms with Gasteiger partial charge in [0.15, 0.2) is 0 Å². The fourth-order valence-corrected chi connectivity index (χ4v) is 2.08. The van der Waals surface area contributed by atoms with Crippen LogP contribution in [0.5, 0.6) is 0 Å². The van der Waals surface area contributed by atoms with E-state index in [-0.39, 0.29) is 12.5 Å². The lowest BCUT2D eigenvalue weighted by Crippen LogP contribution is -2.52. The molecule has 1 N–H and O–H groups in total. The standard InChI is InChI=1S/C11H21N3O5S/c1-9(11(16)14-4-6-19-7-5-14)12-10(15)8-13(2)20(3,17)18/h9H,4-8H2,1-3H3,(H,12,15). The smallest absolute Gasteiger partial charge is 0.245 e. The number of rotatable bonds is 5. The Balaban J connectivity index is 2.46. The van der Waals surface area contributed by atoms with E-state index < -0.39 is 22.0 Å². The molecule has 0 saturated carbocycles. The molecule has 0 bridgehead atoms. The summed E-state index contributed by atoms with van der Waals surface area (Å²) in [6.07, 6.45) is 1.02. The summed E-state index contributed by atoms with van der Waals surface area (Å²) in [5.41, 5.74) is 0. The highest BCUT2D eigenvalue weighted by Gasteiger charge is 2.24. The van der Waals surface area contributed by atoms with Crippen molar-refractivity contribution in [2.75, 3.05) is 46.2 Å². The molecule has 1 heterocycles. The van der Waals surface area contributed by atoms with E-state index >= 15 is 0 Å². The molecule has 1 aliphatic rings. The molecule has 0 radical (unpaired) electrons. The van der Waals surface area contributed by atoms with Crippen molar-refractivity contribution in [3.05, 3.63) is 0 Å². The number of carbonyl (C=O) groups is 2. The zero-order valence-electron chi connectivity index (χ0n) is 12.0. The number of carbonyl (C=O) groups excluding carboxylic acids is 2. The molecule has 1 fully saturated rings. The molecule has 0 aromatic rings. The molecular formula is C11H21N3O5S. The summed E-state index contributed by atoms with van der Waals surface area (Å²) in [6.45, 7) is 3.26. The molecule has 20 heavy (non-hydrogen) atoms. The third kappa shape index (κ3) is 5.06. The van der Waals surface area contributed by atoms with Crippen molar-refractivity contribution >= 4 is 21.8 Å². The molecule has 2 amide bonds. The van der Waals surface area contributed by atoms with Gasteiger partial charge in [0.2, 0.25) is 21.8 Å². The third-order valence-corrected chi connectivity index (χ3v) is 4.26. The summed E-state index contributed by atoms with van der Waals surface area (Å²) in [6, 6.07) is -0.687. The van der Waals surface area contributed by atoms with Gasteiger partial charge in [0.05, 0.1) is 26.0 Å². The van der Waals surface area contributed by atoms with Crippen LogP contribution in [-0.4, -0.2) is 81.6 Å². The van der Waals surface area contributed by atoms with Crippen LogP contribution in [0.25, 0.3) is 0 Å². The Bertz CT molecular complexity index is 459. The van der Waals surface area contributed by atoms with E-state index in [1.54, 1.807) is 11.8 Å². The first-order valence-corrected chi connectivity index (χ1v) is 8.14. The Kier molecular flexibility index (Phi) is 5.90. The maximum Gasteiger partial charge on any atom is 0.245 e. The van der Waals surface area contributed by atoms with Crippen LogP contribution in [0.2, 0.25) is 0 Å². The predicted octanol–water partition coefficient (Wildman–Crippen LogP) is -1.76. The average molecular weight is 307 g/mol. The van der Waals surface area contributed by atoms with Crippen molar-refractivity contribution < 1.29 is 22.7 Å². The maximum atomic E-state index is 12.0. The van der Waals surface area contributed by atoms with Crippen molar-refractivity contribution in [1.82, 2.24) is 14.5 Å². The van der Waals surface area contributed by atoms with E-state index in [4.69, 9.17) is 4.74 Å². The second-order valence-corrected chi connectivity index (χ2v) is 6.84. The minimum atomic E-state index is -3.41. The van der Waals surface area contributed by atoms with Gasteiger partial charge < -0.3 is 15.0 Å². The van der Waals surface area contributed by atoms with Gasteiger partial charge in [-0.2, -0.15) is 4.31 Å². The van der Waals surface area contributed by atoms with Gasteiger partial charge in [-0.25, -0.2) is 8.42 Å².